The molecule has 0 aromatic heterocycles. The maximum atomic E-state index is 13.1. The minimum Gasteiger partial charge on any atom is -1.00 e. The number of carbonyl (C=O) groups excluding carboxylic acids is 2. The molecule has 3 aromatic rings. The lowest BCUT2D eigenvalue weighted by Gasteiger charge is -2.36. The SMILES string of the molecule is Cc1cc(OCC(O)CN2CCN(CCN3C(=O)c4cccc5cccc(c45)C3=O)CC2)ccc1C(C)C.[Cl-].[H+]. The molecule has 1 fully saturated rings. The predicted molar refractivity (Wildman–Crippen MR) is 150 cm³/mol. The van der Waals surface area contributed by atoms with E-state index in [9.17, 15) is 14.7 Å². The number of carbonyl (C=O) groups is 2. The highest BCUT2D eigenvalue weighted by Gasteiger charge is 2.33. The van der Waals surface area contributed by atoms with Crippen molar-refractivity contribution in [1.82, 2.24) is 14.7 Å². The number of hydrogen-bond acceptors (Lipinski definition) is 6. The summed E-state index contributed by atoms with van der Waals surface area (Å²) in [5.74, 6) is 0.836. The van der Waals surface area contributed by atoms with E-state index in [4.69, 9.17) is 4.74 Å². The standard InChI is InChI=1S/C31H37N3O4.ClH/c1-21(2)26-11-10-25(18-22(26)3)38-20-24(35)19-33-14-12-32(13-15-33)16-17-34-30(36)27-8-4-6-23-7-5-9-28(29(23)27)31(34)37;/h4-11,18,21,24,35H,12-17,19-20H2,1-3H3;1H. The Kier molecular flexibility index (Phi) is 9.28. The maximum Gasteiger partial charge on any atom is 1.00 e. The minimum absolute atomic E-state index is 0. The van der Waals surface area contributed by atoms with Gasteiger partial charge in [0.25, 0.3) is 11.8 Å². The summed E-state index contributed by atoms with van der Waals surface area (Å²) in [5.41, 5.74) is 3.72. The molecule has 8 heteroatoms. The highest BCUT2D eigenvalue weighted by Crippen LogP contribution is 2.30. The number of imide groups is 1. The molecule has 0 bridgehead atoms. The molecule has 5 rings (SSSR count). The van der Waals surface area contributed by atoms with Crippen molar-refractivity contribution < 1.29 is 33.3 Å². The largest absolute Gasteiger partial charge is 1.00 e. The Hall–Kier alpha value is -2.97. The summed E-state index contributed by atoms with van der Waals surface area (Å²) in [4.78, 5) is 32.2. The van der Waals surface area contributed by atoms with Crippen molar-refractivity contribution in [2.24, 2.45) is 0 Å². The average molecular weight is 552 g/mol. The molecule has 208 valence electrons. The molecule has 0 saturated carbocycles. The van der Waals surface area contributed by atoms with Crippen LogP contribution in [0.1, 0.15) is 53.0 Å². The summed E-state index contributed by atoms with van der Waals surface area (Å²) in [6, 6.07) is 17.4. The van der Waals surface area contributed by atoms with Crippen LogP contribution in [0.3, 0.4) is 0 Å². The van der Waals surface area contributed by atoms with Gasteiger partial charge in [-0.3, -0.25) is 24.3 Å². The number of nitrogens with zero attached hydrogens (tertiary/aromatic N) is 3. The van der Waals surface area contributed by atoms with Crippen molar-refractivity contribution in [2.75, 3.05) is 52.4 Å². The average Bonchev–Trinajstić information content (AvgIpc) is 2.91. The number of aryl methyl sites for hydroxylation is 1. The topological polar surface area (TPSA) is 73.3 Å². The number of ether oxygens (including phenoxy) is 1. The first kappa shape index (κ1) is 29.0. The van der Waals surface area contributed by atoms with Gasteiger partial charge in [0.15, 0.2) is 0 Å². The number of hydrogen-bond donors (Lipinski definition) is 1. The molecule has 0 radical (unpaired) electrons. The van der Waals surface area contributed by atoms with E-state index >= 15 is 0 Å². The first-order chi connectivity index (χ1) is 18.3. The van der Waals surface area contributed by atoms with Crippen molar-refractivity contribution in [3.63, 3.8) is 0 Å². The van der Waals surface area contributed by atoms with Crippen LogP contribution < -0.4 is 17.1 Å². The van der Waals surface area contributed by atoms with E-state index < -0.39 is 6.10 Å². The van der Waals surface area contributed by atoms with Gasteiger partial charge in [-0.25, -0.2) is 0 Å². The zero-order chi connectivity index (χ0) is 26.8. The quantitative estimate of drug-likeness (QED) is 0.401. The van der Waals surface area contributed by atoms with Crippen molar-refractivity contribution in [3.05, 3.63) is 76.9 Å². The lowest BCUT2D eigenvalue weighted by molar-refractivity contribution is -0.0000346. The highest BCUT2D eigenvalue weighted by molar-refractivity contribution is 6.25. The molecule has 1 saturated heterocycles. The van der Waals surface area contributed by atoms with E-state index in [1.54, 1.807) is 0 Å². The number of amides is 2. The molecule has 0 aliphatic carbocycles. The van der Waals surface area contributed by atoms with Crippen LogP contribution in [-0.4, -0.2) is 90.1 Å². The molecule has 2 aliphatic heterocycles. The molecule has 1 unspecified atom stereocenters. The number of rotatable bonds is 9. The van der Waals surface area contributed by atoms with E-state index in [2.05, 4.69) is 36.6 Å². The second-order valence-corrected chi connectivity index (χ2v) is 10.8. The van der Waals surface area contributed by atoms with Crippen LogP contribution in [-0.2, 0) is 0 Å². The van der Waals surface area contributed by atoms with Gasteiger partial charge in [-0.2, -0.15) is 0 Å². The summed E-state index contributed by atoms with van der Waals surface area (Å²) in [7, 11) is 0. The second-order valence-electron chi connectivity index (χ2n) is 10.8. The smallest absolute Gasteiger partial charge is 1.00 e. The lowest BCUT2D eigenvalue weighted by atomic mass is 9.94. The number of piperazine rings is 1. The minimum atomic E-state index is -0.571. The molecule has 1 atom stereocenters. The van der Waals surface area contributed by atoms with E-state index in [0.29, 0.717) is 36.7 Å². The van der Waals surface area contributed by atoms with E-state index in [0.717, 1.165) is 42.7 Å². The monoisotopic (exact) mass is 551 g/mol. The molecule has 2 amide bonds. The molecular formula is C31H38ClN3O4. The fourth-order valence-corrected chi connectivity index (χ4v) is 5.65. The van der Waals surface area contributed by atoms with Crippen LogP contribution in [0.15, 0.2) is 54.6 Å². The summed E-state index contributed by atoms with van der Waals surface area (Å²) < 4.78 is 5.86. The van der Waals surface area contributed by atoms with Crippen molar-refractivity contribution in [3.8, 4) is 5.75 Å². The van der Waals surface area contributed by atoms with Gasteiger partial charge in [0, 0.05) is 62.3 Å². The zero-order valence-corrected chi connectivity index (χ0v) is 23.7. The first-order valence-electron chi connectivity index (χ1n) is 13.6. The molecular weight excluding hydrogens is 514 g/mol. The van der Waals surface area contributed by atoms with Crippen LogP contribution in [0.4, 0.5) is 0 Å². The Morgan fingerprint density at radius 2 is 1.51 bits per heavy atom. The summed E-state index contributed by atoms with van der Waals surface area (Å²) in [5, 5.41) is 12.2. The number of halogens is 1. The number of aliphatic hydroxyl groups is 1. The van der Waals surface area contributed by atoms with Crippen LogP contribution in [0.25, 0.3) is 10.8 Å². The van der Waals surface area contributed by atoms with Crippen molar-refractivity contribution in [1.29, 1.82) is 0 Å². The zero-order valence-electron chi connectivity index (χ0n) is 23.9. The van der Waals surface area contributed by atoms with Gasteiger partial charge < -0.3 is 22.3 Å². The van der Waals surface area contributed by atoms with Gasteiger partial charge in [-0.1, -0.05) is 44.2 Å². The molecule has 1 N–H and O–H groups in total. The third kappa shape index (κ3) is 6.28. The molecule has 2 aliphatic rings. The van der Waals surface area contributed by atoms with Crippen LogP contribution in [0, 0.1) is 6.92 Å². The number of aliphatic hydroxyl groups excluding tert-OH is 1. The molecule has 3 aromatic carbocycles. The van der Waals surface area contributed by atoms with Gasteiger partial charge in [-0.15, -0.1) is 0 Å². The Bertz CT molecular complexity index is 1290. The van der Waals surface area contributed by atoms with Crippen LogP contribution in [0.2, 0.25) is 0 Å². The van der Waals surface area contributed by atoms with E-state index in [-0.39, 0.29) is 32.3 Å². The lowest BCUT2D eigenvalue weighted by Crippen LogP contribution is -3.00. The Labute approximate surface area is 238 Å². The number of β-amino-alcohol motifs (C(OH)–C–C–N with tert-alkyl or cyclic N) is 1. The van der Waals surface area contributed by atoms with E-state index in [1.807, 2.05) is 48.5 Å². The van der Waals surface area contributed by atoms with Crippen LogP contribution >= 0.6 is 0 Å². The first-order valence-corrected chi connectivity index (χ1v) is 13.6. The summed E-state index contributed by atoms with van der Waals surface area (Å²) >= 11 is 0. The second kappa shape index (κ2) is 12.5. The van der Waals surface area contributed by atoms with Crippen molar-refractivity contribution in [2.45, 2.75) is 32.8 Å². The fraction of sp³-hybridized carbons (Fsp3) is 0.419. The maximum absolute atomic E-state index is 13.1. The summed E-state index contributed by atoms with van der Waals surface area (Å²) in [6.45, 7) is 11.6. The Balaban J connectivity index is 0.00000220. The predicted octanol–water partition coefficient (Wildman–Crippen LogP) is 1.04. The highest BCUT2D eigenvalue weighted by atomic mass is 35.5. The van der Waals surface area contributed by atoms with Gasteiger partial charge in [0.05, 0.1) is 0 Å². The Morgan fingerprint density at radius 3 is 2.10 bits per heavy atom. The van der Waals surface area contributed by atoms with Crippen LogP contribution in [0.5, 0.6) is 5.75 Å². The molecule has 2 heterocycles. The number of benzene rings is 3. The normalized spacial score (nSPS) is 17.0. The van der Waals surface area contributed by atoms with E-state index in [1.165, 1.54) is 16.0 Å². The molecule has 0 spiro atoms. The Morgan fingerprint density at radius 1 is 0.897 bits per heavy atom. The molecule has 7 nitrogen and oxygen atoms in total. The van der Waals surface area contributed by atoms with Crippen molar-refractivity contribution >= 4 is 22.6 Å². The third-order valence-corrected chi connectivity index (χ3v) is 7.74. The van der Waals surface area contributed by atoms with Gasteiger partial charge in [0.1, 0.15) is 18.5 Å². The van der Waals surface area contributed by atoms with Gasteiger partial charge in [-0.05, 0) is 53.6 Å². The van der Waals surface area contributed by atoms with Gasteiger partial charge >= 0.3 is 1.43 Å². The third-order valence-electron chi connectivity index (χ3n) is 7.74. The summed E-state index contributed by atoms with van der Waals surface area (Å²) in [6.07, 6.45) is -0.571. The molecule has 39 heavy (non-hydrogen) atoms. The van der Waals surface area contributed by atoms with Gasteiger partial charge in [0.2, 0.25) is 0 Å². The fourth-order valence-electron chi connectivity index (χ4n) is 5.65.